The molecule has 86 valence electrons. The molecular weight excluding hydrogens is 236 g/mol. The molecule has 0 spiro atoms. The molecule has 6 heteroatoms. The summed E-state index contributed by atoms with van der Waals surface area (Å²) in [6.45, 7) is 0. The number of furan rings is 1. The summed E-state index contributed by atoms with van der Waals surface area (Å²) < 4.78 is 5.30. The fraction of sp³-hybridized carbons (Fsp3) is 0.0909. The zero-order valence-electron chi connectivity index (χ0n) is 8.83. The minimum Gasteiger partial charge on any atom is -0.463 e. The Kier molecular flexibility index (Phi) is 2.31. The van der Waals surface area contributed by atoms with Gasteiger partial charge in [0.2, 0.25) is 5.79 Å². The van der Waals surface area contributed by atoms with Gasteiger partial charge in [-0.15, -0.1) is 11.3 Å². The van der Waals surface area contributed by atoms with Crippen LogP contribution in [0.3, 0.4) is 0 Å². The Morgan fingerprint density at radius 2 is 2.41 bits per heavy atom. The second-order valence-electron chi connectivity index (χ2n) is 3.56. The van der Waals surface area contributed by atoms with E-state index in [1.54, 1.807) is 30.8 Å². The van der Waals surface area contributed by atoms with E-state index in [4.69, 9.17) is 10.2 Å². The fourth-order valence-corrected chi connectivity index (χ4v) is 2.23. The minimum atomic E-state index is -1.06. The molecule has 1 aliphatic heterocycles. The first-order valence-corrected chi connectivity index (χ1v) is 5.92. The van der Waals surface area contributed by atoms with Gasteiger partial charge >= 0.3 is 0 Å². The molecule has 0 radical (unpaired) electrons. The Labute approximate surface area is 102 Å². The van der Waals surface area contributed by atoms with Crippen molar-refractivity contribution in [3.63, 3.8) is 0 Å². The van der Waals surface area contributed by atoms with Crippen LogP contribution in [-0.4, -0.2) is 11.2 Å². The highest BCUT2D eigenvalue weighted by molar-refractivity contribution is 7.10. The molecule has 0 amide bonds. The van der Waals surface area contributed by atoms with Crippen LogP contribution in [0.2, 0.25) is 0 Å². The molecule has 0 saturated heterocycles. The Morgan fingerprint density at radius 3 is 3.12 bits per heavy atom. The van der Waals surface area contributed by atoms with E-state index >= 15 is 0 Å². The van der Waals surface area contributed by atoms with Crippen LogP contribution >= 0.6 is 11.3 Å². The van der Waals surface area contributed by atoms with Crippen LogP contribution in [0.4, 0.5) is 0 Å². The van der Waals surface area contributed by atoms with E-state index in [0.29, 0.717) is 5.76 Å². The summed E-state index contributed by atoms with van der Waals surface area (Å²) in [5.41, 5.74) is 7.00. The maximum atomic E-state index is 6.15. The number of rotatable bonds is 2. The third kappa shape index (κ3) is 1.77. The van der Waals surface area contributed by atoms with Crippen molar-refractivity contribution in [3.8, 4) is 0 Å². The topological polar surface area (TPSA) is 76.4 Å². The molecule has 0 aromatic carbocycles. The Morgan fingerprint density at radius 1 is 1.47 bits per heavy atom. The lowest BCUT2D eigenvalue weighted by atomic mass is 10.2. The molecular formula is C11H10N4OS. The first-order valence-electron chi connectivity index (χ1n) is 5.04. The van der Waals surface area contributed by atoms with Crippen LogP contribution in [-0.2, 0) is 5.79 Å². The Balaban J connectivity index is 1.94. The van der Waals surface area contributed by atoms with E-state index in [9.17, 15) is 0 Å². The summed E-state index contributed by atoms with van der Waals surface area (Å²) in [4.78, 5) is 8.44. The molecule has 2 aromatic heterocycles. The number of allylic oxidation sites excluding steroid dienone is 1. The highest BCUT2D eigenvalue weighted by Crippen LogP contribution is 2.25. The summed E-state index contributed by atoms with van der Waals surface area (Å²) in [6.07, 6.45) is 6.82. The highest BCUT2D eigenvalue weighted by Gasteiger charge is 2.32. The van der Waals surface area contributed by atoms with Crippen LogP contribution < -0.4 is 11.1 Å². The van der Waals surface area contributed by atoms with Crippen molar-refractivity contribution in [2.45, 2.75) is 5.79 Å². The van der Waals surface area contributed by atoms with Crippen LogP contribution in [0.25, 0.3) is 5.70 Å². The molecule has 3 heterocycles. The molecule has 0 bridgehead atoms. The number of hydrogen-bond acceptors (Lipinski definition) is 6. The van der Waals surface area contributed by atoms with Crippen molar-refractivity contribution < 1.29 is 4.42 Å². The normalized spacial score (nSPS) is 23.2. The van der Waals surface area contributed by atoms with Crippen molar-refractivity contribution in [2.75, 3.05) is 0 Å². The first kappa shape index (κ1) is 10.2. The summed E-state index contributed by atoms with van der Waals surface area (Å²) in [6, 6.07) is 3.57. The quantitative estimate of drug-likeness (QED) is 0.842. The SMILES string of the molecule is NC1(c2ccco2)N=CC=C(c2nccs2)N1. The minimum absolute atomic E-state index is 0.566. The molecule has 3 rings (SSSR count). The standard InChI is InChI=1S/C11H10N4OS/c12-11(9-2-1-6-16-9)14-4-3-8(15-11)10-13-5-7-17-10/h1-7,15H,12H2. The number of thiazole rings is 1. The van der Waals surface area contributed by atoms with Gasteiger partial charge in [-0.05, 0) is 18.2 Å². The van der Waals surface area contributed by atoms with Crippen LogP contribution in [0.1, 0.15) is 10.8 Å². The van der Waals surface area contributed by atoms with E-state index in [1.165, 1.54) is 11.3 Å². The van der Waals surface area contributed by atoms with Gasteiger partial charge in [-0.1, -0.05) is 0 Å². The number of hydrogen-bond donors (Lipinski definition) is 2. The lowest BCUT2D eigenvalue weighted by Crippen LogP contribution is -2.49. The van der Waals surface area contributed by atoms with Gasteiger partial charge in [0.15, 0.2) is 5.76 Å². The molecule has 1 unspecified atom stereocenters. The summed E-state index contributed by atoms with van der Waals surface area (Å²) in [7, 11) is 0. The van der Waals surface area contributed by atoms with E-state index in [-0.39, 0.29) is 0 Å². The van der Waals surface area contributed by atoms with E-state index in [0.717, 1.165) is 10.7 Å². The Bertz CT molecular complexity index is 558. The molecule has 3 N–H and O–H groups in total. The van der Waals surface area contributed by atoms with Gasteiger partial charge in [0.25, 0.3) is 0 Å². The predicted octanol–water partition coefficient (Wildman–Crippen LogP) is 1.52. The highest BCUT2D eigenvalue weighted by atomic mass is 32.1. The molecule has 0 fully saturated rings. The monoisotopic (exact) mass is 246 g/mol. The number of aromatic nitrogens is 1. The van der Waals surface area contributed by atoms with Crippen LogP contribution in [0.5, 0.6) is 0 Å². The van der Waals surface area contributed by atoms with Crippen molar-refractivity contribution in [3.05, 3.63) is 46.8 Å². The summed E-state index contributed by atoms with van der Waals surface area (Å²) >= 11 is 1.54. The molecule has 5 nitrogen and oxygen atoms in total. The van der Waals surface area contributed by atoms with Gasteiger partial charge in [-0.3, -0.25) is 5.73 Å². The zero-order valence-corrected chi connectivity index (χ0v) is 9.65. The van der Waals surface area contributed by atoms with E-state index < -0.39 is 5.79 Å². The van der Waals surface area contributed by atoms with Gasteiger partial charge in [0, 0.05) is 17.8 Å². The van der Waals surface area contributed by atoms with Gasteiger partial charge < -0.3 is 9.73 Å². The van der Waals surface area contributed by atoms with Gasteiger partial charge in [0.05, 0.1) is 12.0 Å². The smallest absolute Gasteiger partial charge is 0.242 e. The third-order valence-electron chi connectivity index (χ3n) is 2.40. The van der Waals surface area contributed by atoms with Crippen molar-refractivity contribution >= 4 is 23.2 Å². The largest absolute Gasteiger partial charge is 0.463 e. The second kappa shape index (κ2) is 3.83. The maximum absolute atomic E-state index is 6.15. The summed E-state index contributed by atoms with van der Waals surface area (Å²) in [5, 5.41) is 5.91. The van der Waals surface area contributed by atoms with E-state index in [2.05, 4.69) is 15.3 Å². The molecule has 1 aliphatic rings. The van der Waals surface area contributed by atoms with Gasteiger partial charge in [-0.25, -0.2) is 9.98 Å². The Hall–Kier alpha value is -1.92. The zero-order chi connectivity index (χ0) is 11.7. The van der Waals surface area contributed by atoms with Crippen LogP contribution in [0, 0.1) is 0 Å². The van der Waals surface area contributed by atoms with Crippen molar-refractivity contribution in [1.29, 1.82) is 0 Å². The second-order valence-corrected chi connectivity index (χ2v) is 4.46. The summed E-state index contributed by atoms with van der Waals surface area (Å²) in [5.74, 6) is -0.491. The lowest BCUT2D eigenvalue weighted by molar-refractivity contribution is 0.326. The molecule has 17 heavy (non-hydrogen) atoms. The number of nitrogens with zero attached hydrogens (tertiary/aromatic N) is 2. The third-order valence-corrected chi connectivity index (χ3v) is 3.21. The average Bonchev–Trinajstić information content (AvgIpc) is 3.03. The average molecular weight is 246 g/mol. The molecule has 2 aromatic rings. The maximum Gasteiger partial charge on any atom is 0.242 e. The van der Waals surface area contributed by atoms with Crippen molar-refractivity contribution in [1.82, 2.24) is 10.3 Å². The molecule has 0 saturated carbocycles. The fourth-order valence-electron chi connectivity index (χ4n) is 1.61. The first-order chi connectivity index (χ1) is 8.28. The number of nitrogens with one attached hydrogen (secondary N) is 1. The molecule has 1 atom stereocenters. The molecule has 0 aliphatic carbocycles. The predicted molar refractivity (Wildman–Crippen MR) is 66.3 cm³/mol. The number of aliphatic imine (C=N–C) groups is 1. The van der Waals surface area contributed by atoms with E-state index in [1.807, 2.05) is 11.5 Å². The van der Waals surface area contributed by atoms with Gasteiger partial charge in [-0.2, -0.15) is 0 Å². The van der Waals surface area contributed by atoms with Crippen molar-refractivity contribution in [2.24, 2.45) is 10.7 Å². The van der Waals surface area contributed by atoms with Crippen LogP contribution in [0.15, 0.2) is 45.5 Å². The lowest BCUT2D eigenvalue weighted by Gasteiger charge is -2.28. The number of nitrogens with two attached hydrogens (primary N) is 1. The van der Waals surface area contributed by atoms with Gasteiger partial charge in [0.1, 0.15) is 5.01 Å².